The minimum absolute atomic E-state index is 0.0963. The van der Waals surface area contributed by atoms with Gasteiger partial charge in [0.2, 0.25) is 5.88 Å². The summed E-state index contributed by atoms with van der Waals surface area (Å²) in [6, 6.07) is 15.1. The van der Waals surface area contributed by atoms with Crippen molar-refractivity contribution in [3.05, 3.63) is 76.8 Å². The lowest BCUT2D eigenvalue weighted by Crippen LogP contribution is -2.33. The molecule has 1 aromatic heterocycles. The van der Waals surface area contributed by atoms with Crippen LogP contribution >= 0.6 is 0 Å². The summed E-state index contributed by atoms with van der Waals surface area (Å²) in [6.07, 6.45) is -0.466. The second kappa shape index (κ2) is 9.69. The lowest BCUT2D eigenvalue weighted by molar-refractivity contribution is -0.123. The van der Waals surface area contributed by atoms with Crippen molar-refractivity contribution in [2.45, 2.75) is 26.4 Å². The summed E-state index contributed by atoms with van der Waals surface area (Å²) in [4.78, 5) is 24.9. The zero-order valence-electron chi connectivity index (χ0n) is 16.7. The Morgan fingerprint density at radius 1 is 1.10 bits per heavy atom. The maximum Gasteiger partial charge on any atom is 0.271 e. The minimum atomic E-state index is -0.841. The highest BCUT2D eigenvalue weighted by Crippen LogP contribution is 2.24. The van der Waals surface area contributed by atoms with Crippen LogP contribution in [-0.2, 0) is 4.79 Å². The van der Waals surface area contributed by atoms with Crippen molar-refractivity contribution >= 4 is 11.6 Å². The molecule has 0 saturated heterocycles. The molecule has 8 heteroatoms. The molecule has 1 N–H and O–H groups in total. The number of carbonyl (C=O) groups is 1. The summed E-state index contributed by atoms with van der Waals surface area (Å²) in [5.74, 6) is -0.134. The summed E-state index contributed by atoms with van der Waals surface area (Å²) in [5.41, 5.74) is 0.516. The van der Waals surface area contributed by atoms with E-state index in [2.05, 4.69) is 10.4 Å². The van der Waals surface area contributed by atoms with Gasteiger partial charge >= 0.3 is 0 Å². The van der Waals surface area contributed by atoms with Crippen molar-refractivity contribution in [3.63, 3.8) is 0 Å². The number of benzene rings is 2. The third kappa shape index (κ3) is 5.02. The highest BCUT2D eigenvalue weighted by Gasteiger charge is 2.21. The largest absolute Gasteiger partial charge is 0.492 e. The third-order valence-electron chi connectivity index (χ3n) is 4.22. The first-order valence-corrected chi connectivity index (χ1v) is 9.57. The molecule has 1 heterocycles. The van der Waals surface area contributed by atoms with E-state index in [1.807, 2.05) is 13.0 Å². The Bertz CT molecular complexity index is 1070. The van der Waals surface area contributed by atoms with Crippen molar-refractivity contribution in [2.24, 2.45) is 0 Å². The number of halogens is 1. The molecule has 0 aliphatic heterocycles. The number of para-hydroxylation sites is 2. The quantitative estimate of drug-likeness (QED) is 0.613. The molecule has 0 bridgehead atoms. The minimum Gasteiger partial charge on any atom is -0.492 e. The number of carbonyl (C=O) groups excluding carboxylic acids is 1. The molecule has 0 spiro atoms. The molecule has 1 unspecified atom stereocenters. The number of nitrogens with one attached hydrogen (secondary N) is 1. The number of ether oxygens (including phenoxy) is 2. The van der Waals surface area contributed by atoms with Gasteiger partial charge in [0, 0.05) is 12.1 Å². The first-order chi connectivity index (χ1) is 14.5. The average Bonchev–Trinajstić information content (AvgIpc) is 2.75. The van der Waals surface area contributed by atoms with Crippen LogP contribution in [-0.4, -0.2) is 28.4 Å². The average molecular weight is 411 g/mol. The maximum atomic E-state index is 13.2. The Hall–Kier alpha value is -3.68. The second-order valence-electron chi connectivity index (χ2n) is 6.33. The fraction of sp³-hybridized carbons (Fsp3) is 0.227. The first kappa shape index (κ1) is 21.0. The molecule has 0 aliphatic carbocycles. The summed E-state index contributed by atoms with van der Waals surface area (Å²) < 4.78 is 25.5. The summed E-state index contributed by atoms with van der Waals surface area (Å²) in [5, 5.41) is 6.95. The van der Waals surface area contributed by atoms with Gasteiger partial charge in [-0.15, -0.1) is 5.10 Å². The third-order valence-corrected chi connectivity index (χ3v) is 4.22. The number of nitrogens with zero attached hydrogens (tertiary/aromatic N) is 2. The smallest absolute Gasteiger partial charge is 0.271 e. The fourth-order valence-electron chi connectivity index (χ4n) is 2.76. The van der Waals surface area contributed by atoms with E-state index in [1.54, 1.807) is 25.1 Å². The molecular weight excluding hydrogens is 389 g/mol. The molecule has 1 amide bonds. The van der Waals surface area contributed by atoms with E-state index in [0.717, 1.165) is 4.68 Å². The van der Waals surface area contributed by atoms with Gasteiger partial charge in [-0.05, 0) is 49.7 Å². The fourth-order valence-corrected chi connectivity index (χ4v) is 2.76. The van der Waals surface area contributed by atoms with Crippen LogP contribution < -0.4 is 20.3 Å². The Kier molecular flexibility index (Phi) is 6.79. The van der Waals surface area contributed by atoms with Crippen molar-refractivity contribution in [3.8, 4) is 17.3 Å². The SMILES string of the molecule is CCOc1ccccc1NC(=O)C(CC)Oc1ccc(=O)n(-c2ccc(F)cc2)n1. The first-order valence-electron chi connectivity index (χ1n) is 9.57. The van der Waals surface area contributed by atoms with Crippen LogP contribution in [0.3, 0.4) is 0 Å². The van der Waals surface area contributed by atoms with Crippen LogP contribution in [0, 0.1) is 5.82 Å². The second-order valence-corrected chi connectivity index (χ2v) is 6.33. The van der Waals surface area contributed by atoms with Crippen molar-refractivity contribution in [1.29, 1.82) is 0 Å². The molecule has 0 saturated carbocycles. The topological polar surface area (TPSA) is 82.5 Å². The molecule has 0 aliphatic rings. The zero-order valence-corrected chi connectivity index (χ0v) is 16.7. The van der Waals surface area contributed by atoms with Gasteiger partial charge in [-0.25, -0.2) is 4.39 Å². The number of rotatable bonds is 8. The van der Waals surface area contributed by atoms with Gasteiger partial charge in [0.05, 0.1) is 18.0 Å². The standard InChI is InChI=1S/C22H22FN3O4/c1-3-18(22(28)24-17-7-5-6-8-19(17)29-4-2)30-20-13-14-21(27)26(25-20)16-11-9-15(23)10-12-16/h5-14,18H,3-4H2,1-2H3,(H,24,28). The molecule has 2 aromatic carbocycles. The number of aromatic nitrogens is 2. The van der Waals surface area contributed by atoms with Crippen molar-refractivity contribution in [2.75, 3.05) is 11.9 Å². The number of hydrogen-bond acceptors (Lipinski definition) is 5. The van der Waals surface area contributed by atoms with Gasteiger partial charge in [0.1, 0.15) is 11.6 Å². The molecule has 0 radical (unpaired) electrons. The highest BCUT2D eigenvalue weighted by molar-refractivity contribution is 5.95. The van der Waals surface area contributed by atoms with Gasteiger partial charge in [0.15, 0.2) is 6.10 Å². The highest BCUT2D eigenvalue weighted by atomic mass is 19.1. The lowest BCUT2D eigenvalue weighted by Gasteiger charge is -2.18. The Labute approximate surface area is 173 Å². The molecule has 0 fully saturated rings. The Balaban J connectivity index is 1.79. The van der Waals surface area contributed by atoms with E-state index in [0.29, 0.717) is 30.2 Å². The molecule has 3 aromatic rings. The van der Waals surface area contributed by atoms with Crippen molar-refractivity contribution < 1.29 is 18.7 Å². The van der Waals surface area contributed by atoms with Crippen LogP contribution in [0.25, 0.3) is 5.69 Å². The van der Waals surface area contributed by atoms with Crippen LogP contribution in [0.1, 0.15) is 20.3 Å². The van der Waals surface area contributed by atoms with E-state index < -0.39 is 17.5 Å². The molecule has 1 atom stereocenters. The van der Waals surface area contributed by atoms with Gasteiger partial charge in [-0.2, -0.15) is 4.68 Å². The van der Waals surface area contributed by atoms with E-state index in [-0.39, 0.29) is 11.8 Å². The van der Waals surface area contributed by atoms with Gasteiger partial charge in [0.25, 0.3) is 11.5 Å². The van der Waals surface area contributed by atoms with Gasteiger partial charge in [-0.3, -0.25) is 9.59 Å². The van der Waals surface area contributed by atoms with E-state index in [4.69, 9.17) is 9.47 Å². The molecular formula is C22H22FN3O4. The summed E-state index contributed by atoms with van der Waals surface area (Å²) in [7, 11) is 0. The molecule has 156 valence electrons. The Morgan fingerprint density at radius 2 is 1.83 bits per heavy atom. The van der Waals surface area contributed by atoms with Crippen LogP contribution in [0.2, 0.25) is 0 Å². The van der Waals surface area contributed by atoms with E-state index in [9.17, 15) is 14.0 Å². The predicted octanol–water partition coefficient (Wildman–Crippen LogP) is 3.57. The number of anilines is 1. The lowest BCUT2D eigenvalue weighted by atomic mass is 10.2. The molecule has 7 nitrogen and oxygen atoms in total. The normalized spacial score (nSPS) is 11.6. The molecule has 3 rings (SSSR count). The zero-order chi connectivity index (χ0) is 21.5. The van der Waals surface area contributed by atoms with Crippen molar-refractivity contribution in [1.82, 2.24) is 9.78 Å². The van der Waals surface area contributed by atoms with Gasteiger partial charge in [-0.1, -0.05) is 19.1 Å². The van der Waals surface area contributed by atoms with Crippen LogP contribution in [0.15, 0.2) is 65.5 Å². The van der Waals surface area contributed by atoms with Gasteiger partial charge < -0.3 is 14.8 Å². The number of hydrogen-bond donors (Lipinski definition) is 1. The van der Waals surface area contributed by atoms with Crippen LogP contribution in [0.4, 0.5) is 10.1 Å². The monoisotopic (exact) mass is 411 g/mol. The number of amides is 1. The van der Waals surface area contributed by atoms with E-state index >= 15 is 0 Å². The van der Waals surface area contributed by atoms with Crippen LogP contribution in [0.5, 0.6) is 11.6 Å². The Morgan fingerprint density at radius 3 is 2.53 bits per heavy atom. The van der Waals surface area contributed by atoms with E-state index in [1.165, 1.54) is 36.4 Å². The summed E-state index contributed by atoms with van der Waals surface area (Å²) >= 11 is 0. The predicted molar refractivity (Wildman–Crippen MR) is 111 cm³/mol. The molecule has 30 heavy (non-hydrogen) atoms. The summed E-state index contributed by atoms with van der Waals surface area (Å²) in [6.45, 7) is 4.13. The maximum absolute atomic E-state index is 13.2.